The first-order valence-electron chi connectivity index (χ1n) is 2.78. The Labute approximate surface area is 59.7 Å². The van der Waals surface area contributed by atoms with Crippen LogP contribution in [0.3, 0.4) is 0 Å². The number of allylic oxidation sites excluding steroid dienone is 1. The minimum absolute atomic E-state index is 0.541. The third kappa shape index (κ3) is 0.680. The number of halogens is 4. The Morgan fingerprint density at radius 3 is 2.00 bits per heavy atom. The maximum atomic E-state index is 12.2. The summed E-state index contributed by atoms with van der Waals surface area (Å²) in [5, 5.41) is 0. The van der Waals surface area contributed by atoms with Gasteiger partial charge in [0.1, 0.15) is 5.92 Å². The van der Waals surface area contributed by atoms with Crippen LogP contribution in [0.1, 0.15) is 0 Å². The van der Waals surface area contributed by atoms with Crippen LogP contribution in [0.25, 0.3) is 0 Å². The van der Waals surface area contributed by atoms with Crippen molar-refractivity contribution in [3.05, 3.63) is 12.7 Å². The summed E-state index contributed by atoms with van der Waals surface area (Å²) in [5.41, 5.74) is 0. The first-order chi connectivity index (χ1) is 4.85. The van der Waals surface area contributed by atoms with E-state index in [-0.39, 0.29) is 0 Å². The summed E-state index contributed by atoms with van der Waals surface area (Å²) in [6, 6.07) is 0. The van der Waals surface area contributed by atoms with Crippen LogP contribution in [-0.4, -0.2) is 17.6 Å². The lowest BCUT2D eigenvalue weighted by Gasteiger charge is -2.39. The van der Waals surface area contributed by atoms with E-state index in [2.05, 4.69) is 6.58 Å². The van der Waals surface area contributed by atoms with Crippen LogP contribution >= 0.6 is 0 Å². The first-order valence-corrected chi connectivity index (χ1v) is 2.78. The molecule has 0 radical (unpaired) electrons. The van der Waals surface area contributed by atoms with Gasteiger partial charge in [-0.3, -0.25) is 4.79 Å². The van der Waals surface area contributed by atoms with Crippen molar-refractivity contribution in [3.8, 4) is 0 Å². The molecule has 1 fully saturated rings. The maximum Gasteiger partial charge on any atom is 0.369 e. The van der Waals surface area contributed by atoms with E-state index < -0.39 is 23.5 Å². The Kier molecular flexibility index (Phi) is 1.37. The molecular formula is C6H4F4O. The number of ketones is 1. The minimum Gasteiger partial charge on any atom is -0.292 e. The summed E-state index contributed by atoms with van der Waals surface area (Å²) in [6.45, 7) is 2.86. The molecule has 1 saturated carbocycles. The van der Waals surface area contributed by atoms with Gasteiger partial charge in [-0.1, -0.05) is 6.08 Å². The molecule has 1 aliphatic rings. The molecule has 11 heavy (non-hydrogen) atoms. The Hall–Kier alpha value is -0.870. The van der Waals surface area contributed by atoms with Crippen molar-refractivity contribution in [2.75, 3.05) is 0 Å². The van der Waals surface area contributed by atoms with Crippen molar-refractivity contribution >= 4 is 5.78 Å². The van der Waals surface area contributed by atoms with Gasteiger partial charge in [-0.15, -0.1) is 6.58 Å². The van der Waals surface area contributed by atoms with E-state index in [0.717, 1.165) is 0 Å². The van der Waals surface area contributed by atoms with Crippen LogP contribution in [0.4, 0.5) is 17.6 Å². The number of carbonyl (C=O) groups excluding carboxylic acids is 1. The Bertz CT molecular complexity index is 221. The van der Waals surface area contributed by atoms with E-state index in [4.69, 9.17) is 0 Å². The van der Waals surface area contributed by atoms with Gasteiger partial charge < -0.3 is 0 Å². The average molecular weight is 168 g/mol. The van der Waals surface area contributed by atoms with Crippen LogP contribution < -0.4 is 0 Å². The van der Waals surface area contributed by atoms with Gasteiger partial charge in [0.2, 0.25) is 5.78 Å². The third-order valence-corrected chi connectivity index (χ3v) is 1.64. The van der Waals surface area contributed by atoms with Crippen molar-refractivity contribution in [1.82, 2.24) is 0 Å². The molecule has 0 aromatic carbocycles. The summed E-state index contributed by atoms with van der Waals surface area (Å²) in [5.74, 6) is -12.5. The zero-order valence-corrected chi connectivity index (χ0v) is 5.28. The highest BCUT2D eigenvalue weighted by Gasteiger charge is 2.78. The molecule has 1 atom stereocenters. The lowest BCUT2D eigenvalue weighted by atomic mass is 9.75. The van der Waals surface area contributed by atoms with Gasteiger partial charge in [0.15, 0.2) is 0 Å². The lowest BCUT2D eigenvalue weighted by molar-refractivity contribution is -0.265. The first kappa shape index (κ1) is 8.23. The zero-order valence-electron chi connectivity index (χ0n) is 5.28. The number of Topliss-reactive ketones (excluding diaryl/α,β-unsaturated/α-hetero) is 1. The summed E-state index contributed by atoms with van der Waals surface area (Å²) >= 11 is 0. The third-order valence-electron chi connectivity index (χ3n) is 1.64. The predicted molar refractivity (Wildman–Crippen MR) is 28.6 cm³/mol. The zero-order chi connectivity index (χ0) is 8.86. The van der Waals surface area contributed by atoms with Gasteiger partial charge in [-0.05, 0) is 0 Å². The molecule has 0 heterocycles. The molecule has 0 aromatic rings. The molecule has 0 saturated heterocycles. The Balaban J connectivity index is 2.97. The summed E-state index contributed by atoms with van der Waals surface area (Å²) in [6.07, 6.45) is 0.541. The molecule has 62 valence electrons. The number of hydrogen-bond acceptors (Lipinski definition) is 1. The molecule has 1 unspecified atom stereocenters. The molecule has 0 aromatic heterocycles. The minimum atomic E-state index is -4.49. The molecule has 5 heteroatoms. The topological polar surface area (TPSA) is 17.1 Å². The van der Waals surface area contributed by atoms with E-state index in [1.54, 1.807) is 0 Å². The van der Waals surface area contributed by atoms with Crippen molar-refractivity contribution in [2.45, 2.75) is 11.8 Å². The fourth-order valence-corrected chi connectivity index (χ4v) is 0.897. The predicted octanol–water partition coefficient (Wildman–Crippen LogP) is 1.64. The number of carbonyl (C=O) groups is 1. The van der Waals surface area contributed by atoms with Crippen molar-refractivity contribution in [3.63, 3.8) is 0 Å². The molecule has 0 amide bonds. The van der Waals surface area contributed by atoms with E-state index in [9.17, 15) is 22.4 Å². The highest BCUT2D eigenvalue weighted by Crippen LogP contribution is 2.52. The van der Waals surface area contributed by atoms with Gasteiger partial charge in [0.25, 0.3) is 0 Å². The second kappa shape index (κ2) is 1.84. The Morgan fingerprint density at radius 1 is 1.36 bits per heavy atom. The summed E-state index contributed by atoms with van der Waals surface area (Å²) in [7, 11) is 0. The molecule has 0 aliphatic heterocycles. The van der Waals surface area contributed by atoms with E-state index in [1.807, 2.05) is 0 Å². The van der Waals surface area contributed by atoms with Gasteiger partial charge in [0, 0.05) is 0 Å². The van der Waals surface area contributed by atoms with Crippen LogP contribution in [0.2, 0.25) is 0 Å². The number of alkyl halides is 4. The van der Waals surface area contributed by atoms with Gasteiger partial charge in [0.05, 0.1) is 0 Å². The molecule has 0 N–H and O–H groups in total. The molecular weight excluding hydrogens is 164 g/mol. The summed E-state index contributed by atoms with van der Waals surface area (Å²) < 4.78 is 48.4. The van der Waals surface area contributed by atoms with Gasteiger partial charge in [-0.25, -0.2) is 0 Å². The molecule has 0 bridgehead atoms. The molecule has 0 spiro atoms. The second-order valence-electron chi connectivity index (χ2n) is 2.27. The standard InChI is InChI=1S/C6H4F4O/c1-2-3-4(11)6(9,10)5(3,7)8/h2-3H,1H2. The normalized spacial score (nSPS) is 32.7. The largest absolute Gasteiger partial charge is 0.369 e. The quantitative estimate of drug-likeness (QED) is 0.429. The fraction of sp³-hybridized carbons (Fsp3) is 0.500. The highest BCUT2D eigenvalue weighted by atomic mass is 19.3. The second-order valence-corrected chi connectivity index (χ2v) is 2.27. The van der Waals surface area contributed by atoms with Gasteiger partial charge in [-0.2, -0.15) is 17.6 Å². The monoisotopic (exact) mass is 168 g/mol. The summed E-state index contributed by atoms with van der Waals surface area (Å²) in [4.78, 5) is 10.2. The van der Waals surface area contributed by atoms with Crippen LogP contribution in [-0.2, 0) is 4.79 Å². The number of rotatable bonds is 1. The van der Waals surface area contributed by atoms with Crippen LogP contribution in [0.15, 0.2) is 12.7 Å². The van der Waals surface area contributed by atoms with Gasteiger partial charge >= 0.3 is 11.8 Å². The fourth-order valence-electron chi connectivity index (χ4n) is 0.897. The molecule has 1 rings (SSSR count). The van der Waals surface area contributed by atoms with Crippen molar-refractivity contribution < 1.29 is 22.4 Å². The van der Waals surface area contributed by atoms with Crippen molar-refractivity contribution in [1.29, 1.82) is 0 Å². The maximum absolute atomic E-state index is 12.2. The highest BCUT2D eigenvalue weighted by molar-refractivity contribution is 5.98. The lowest BCUT2D eigenvalue weighted by Crippen LogP contribution is -2.66. The van der Waals surface area contributed by atoms with E-state index in [1.165, 1.54) is 0 Å². The Morgan fingerprint density at radius 2 is 1.82 bits per heavy atom. The van der Waals surface area contributed by atoms with Crippen LogP contribution in [0.5, 0.6) is 0 Å². The van der Waals surface area contributed by atoms with Crippen LogP contribution in [0, 0.1) is 5.92 Å². The number of hydrogen-bond donors (Lipinski definition) is 0. The smallest absolute Gasteiger partial charge is 0.292 e. The molecule has 1 aliphatic carbocycles. The van der Waals surface area contributed by atoms with E-state index >= 15 is 0 Å². The molecule has 1 nitrogen and oxygen atoms in total. The SMILES string of the molecule is C=CC1C(=O)C(F)(F)C1(F)F. The van der Waals surface area contributed by atoms with Crippen molar-refractivity contribution in [2.24, 2.45) is 5.92 Å². The van der Waals surface area contributed by atoms with E-state index in [0.29, 0.717) is 6.08 Å². The average Bonchev–Trinajstić information content (AvgIpc) is 1.88.